The van der Waals surface area contributed by atoms with Crippen LogP contribution in [0.4, 0.5) is 4.79 Å². The Morgan fingerprint density at radius 1 is 1.43 bits per heavy atom. The summed E-state index contributed by atoms with van der Waals surface area (Å²) in [6.45, 7) is 0.257. The van der Waals surface area contributed by atoms with E-state index in [9.17, 15) is 9.59 Å². The quantitative estimate of drug-likeness (QED) is 0.667. The molecule has 0 radical (unpaired) electrons. The Morgan fingerprint density at radius 2 is 2.14 bits per heavy atom. The highest BCUT2D eigenvalue weighted by molar-refractivity contribution is 6.61. The molecule has 0 aliphatic carbocycles. The van der Waals surface area contributed by atoms with Crippen molar-refractivity contribution in [2.24, 2.45) is 0 Å². The molecule has 0 aromatic heterocycles. The largest absolute Gasteiger partial charge is 0.428 e. The zero-order valence-electron chi connectivity index (χ0n) is 7.07. The zero-order chi connectivity index (χ0) is 10.1. The average Bonchev–Trinajstić information content (AvgIpc) is 2.44. The van der Waals surface area contributed by atoms with Gasteiger partial charge in [0.25, 0.3) is 5.91 Å². The lowest BCUT2D eigenvalue weighted by Gasteiger charge is -2.11. The second-order valence-electron chi connectivity index (χ2n) is 2.83. The molecule has 0 saturated heterocycles. The molecule has 14 heavy (non-hydrogen) atoms. The van der Waals surface area contributed by atoms with Crippen LogP contribution in [0.3, 0.4) is 0 Å². The summed E-state index contributed by atoms with van der Waals surface area (Å²) < 4.78 is 0. The first-order valence-corrected chi connectivity index (χ1v) is 4.33. The molecule has 0 bridgehead atoms. The van der Waals surface area contributed by atoms with Crippen molar-refractivity contribution in [1.82, 2.24) is 5.06 Å². The fraction of sp³-hybridized carbons (Fsp3) is 0.111. The minimum atomic E-state index is -1.01. The van der Waals surface area contributed by atoms with Crippen molar-refractivity contribution in [3.8, 4) is 0 Å². The third-order valence-corrected chi connectivity index (χ3v) is 2.04. The standard InChI is InChI=1S/C9H6ClNO3/c10-9(13)14-11-5-6-3-1-2-4-7(6)8(11)12/h1-4H,5H2. The number of rotatable bonds is 1. The van der Waals surface area contributed by atoms with Crippen molar-refractivity contribution in [2.75, 3.05) is 0 Å². The summed E-state index contributed by atoms with van der Waals surface area (Å²) in [5.74, 6) is -0.338. The summed E-state index contributed by atoms with van der Waals surface area (Å²) in [5, 5.41) is 0.944. The normalized spacial score (nSPS) is 14.1. The molecule has 0 spiro atoms. The van der Waals surface area contributed by atoms with Gasteiger partial charge in [-0.2, -0.15) is 5.06 Å². The van der Waals surface area contributed by atoms with Crippen LogP contribution >= 0.6 is 11.6 Å². The van der Waals surface area contributed by atoms with E-state index in [2.05, 4.69) is 4.84 Å². The van der Waals surface area contributed by atoms with E-state index >= 15 is 0 Å². The Morgan fingerprint density at radius 3 is 2.79 bits per heavy atom. The van der Waals surface area contributed by atoms with Crippen LogP contribution in [0.25, 0.3) is 0 Å². The first-order valence-electron chi connectivity index (χ1n) is 3.95. The Hall–Kier alpha value is -1.55. The molecular formula is C9H6ClNO3. The van der Waals surface area contributed by atoms with E-state index < -0.39 is 5.43 Å². The zero-order valence-corrected chi connectivity index (χ0v) is 7.82. The van der Waals surface area contributed by atoms with Gasteiger partial charge in [0.15, 0.2) is 0 Å². The van der Waals surface area contributed by atoms with Gasteiger partial charge in [-0.1, -0.05) is 18.2 Å². The second kappa shape index (κ2) is 3.31. The molecule has 1 aliphatic heterocycles. The Bertz CT molecular complexity index is 405. The van der Waals surface area contributed by atoms with E-state index in [1.807, 2.05) is 6.07 Å². The van der Waals surface area contributed by atoms with Crippen LogP contribution in [0.5, 0.6) is 0 Å². The number of nitrogens with zero attached hydrogens (tertiary/aromatic N) is 1. The topological polar surface area (TPSA) is 46.6 Å². The van der Waals surface area contributed by atoms with Crippen LogP contribution in [-0.2, 0) is 11.4 Å². The Labute approximate surface area is 85.0 Å². The van der Waals surface area contributed by atoms with Gasteiger partial charge in [0.2, 0.25) is 0 Å². The minimum Gasteiger partial charge on any atom is -0.322 e. The fourth-order valence-electron chi connectivity index (χ4n) is 1.39. The molecule has 0 N–H and O–H groups in total. The number of benzene rings is 1. The molecule has 0 unspecified atom stereocenters. The fourth-order valence-corrected chi connectivity index (χ4v) is 1.47. The minimum absolute atomic E-state index is 0.257. The van der Waals surface area contributed by atoms with Gasteiger partial charge in [0, 0.05) is 17.2 Å². The summed E-state index contributed by atoms with van der Waals surface area (Å²) in [6.07, 6.45) is 0. The second-order valence-corrected chi connectivity index (χ2v) is 3.14. The Balaban J connectivity index is 2.26. The van der Waals surface area contributed by atoms with E-state index in [1.54, 1.807) is 18.2 Å². The molecule has 1 heterocycles. The first kappa shape index (κ1) is 9.02. The maximum absolute atomic E-state index is 11.5. The smallest absolute Gasteiger partial charge is 0.322 e. The molecular weight excluding hydrogens is 206 g/mol. The van der Waals surface area contributed by atoms with Crippen LogP contribution < -0.4 is 0 Å². The number of hydrogen-bond acceptors (Lipinski definition) is 3. The maximum atomic E-state index is 11.5. The third-order valence-electron chi connectivity index (χ3n) is 1.97. The average molecular weight is 212 g/mol. The SMILES string of the molecule is O=C(Cl)ON1Cc2ccccc2C1=O. The molecule has 2 rings (SSSR count). The molecule has 1 aliphatic rings. The van der Waals surface area contributed by atoms with Gasteiger partial charge in [0.05, 0.1) is 6.54 Å². The number of amides is 1. The van der Waals surface area contributed by atoms with Crippen molar-refractivity contribution >= 4 is 22.9 Å². The van der Waals surface area contributed by atoms with Crippen molar-refractivity contribution in [3.63, 3.8) is 0 Å². The van der Waals surface area contributed by atoms with Gasteiger partial charge >= 0.3 is 5.43 Å². The molecule has 0 saturated carbocycles. The van der Waals surface area contributed by atoms with Crippen LogP contribution in [0.15, 0.2) is 24.3 Å². The summed E-state index contributed by atoms with van der Waals surface area (Å²) in [7, 11) is 0. The van der Waals surface area contributed by atoms with Crippen molar-refractivity contribution in [1.29, 1.82) is 0 Å². The number of hydroxylamine groups is 2. The summed E-state index contributed by atoms with van der Waals surface area (Å²) >= 11 is 5.01. The van der Waals surface area contributed by atoms with Gasteiger partial charge in [0.1, 0.15) is 0 Å². The molecule has 5 heteroatoms. The van der Waals surface area contributed by atoms with E-state index in [4.69, 9.17) is 11.6 Å². The van der Waals surface area contributed by atoms with Crippen LogP contribution in [0.2, 0.25) is 0 Å². The highest BCUT2D eigenvalue weighted by atomic mass is 35.5. The number of hydrogen-bond donors (Lipinski definition) is 0. The van der Waals surface area contributed by atoms with Crippen molar-refractivity contribution in [2.45, 2.75) is 6.54 Å². The molecule has 1 aromatic rings. The van der Waals surface area contributed by atoms with E-state index in [0.29, 0.717) is 5.56 Å². The van der Waals surface area contributed by atoms with Crippen molar-refractivity contribution < 1.29 is 14.4 Å². The van der Waals surface area contributed by atoms with Gasteiger partial charge in [-0.3, -0.25) is 4.79 Å². The lowest BCUT2D eigenvalue weighted by molar-refractivity contribution is -0.0590. The molecule has 0 fully saturated rings. The number of fused-ring (bicyclic) bond motifs is 1. The van der Waals surface area contributed by atoms with E-state index in [1.165, 1.54) is 0 Å². The van der Waals surface area contributed by atoms with E-state index in [-0.39, 0.29) is 12.5 Å². The monoisotopic (exact) mass is 211 g/mol. The molecule has 1 amide bonds. The highest BCUT2D eigenvalue weighted by Gasteiger charge is 2.29. The third kappa shape index (κ3) is 1.44. The molecule has 0 atom stereocenters. The van der Waals surface area contributed by atoms with Gasteiger partial charge in [-0.15, -0.1) is 0 Å². The molecule has 1 aromatic carbocycles. The molecule has 4 nitrogen and oxygen atoms in total. The number of carbonyl (C=O) groups is 2. The highest BCUT2D eigenvalue weighted by Crippen LogP contribution is 2.22. The predicted molar refractivity (Wildman–Crippen MR) is 48.6 cm³/mol. The number of halogens is 1. The lowest BCUT2D eigenvalue weighted by atomic mass is 10.1. The van der Waals surface area contributed by atoms with Gasteiger partial charge in [-0.25, -0.2) is 4.79 Å². The summed E-state index contributed by atoms with van der Waals surface area (Å²) in [5.41, 5.74) is 0.368. The number of carbonyl (C=O) groups excluding carboxylic acids is 2. The Kier molecular flexibility index (Phi) is 2.13. The maximum Gasteiger partial charge on any atom is 0.428 e. The lowest BCUT2D eigenvalue weighted by Crippen LogP contribution is -2.25. The van der Waals surface area contributed by atoms with Gasteiger partial charge in [-0.05, 0) is 11.6 Å². The summed E-state index contributed by atoms with van der Waals surface area (Å²) in [6, 6.07) is 7.05. The summed E-state index contributed by atoms with van der Waals surface area (Å²) in [4.78, 5) is 26.5. The van der Waals surface area contributed by atoms with E-state index in [0.717, 1.165) is 10.6 Å². The van der Waals surface area contributed by atoms with Gasteiger partial charge < -0.3 is 4.84 Å². The first-order chi connectivity index (χ1) is 6.68. The van der Waals surface area contributed by atoms with Crippen LogP contribution in [0, 0.1) is 0 Å². The van der Waals surface area contributed by atoms with Crippen molar-refractivity contribution in [3.05, 3.63) is 35.4 Å². The van der Waals surface area contributed by atoms with Crippen LogP contribution in [0.1, 0.15) is 15.9 Å². The predicted octanol–water partition coefficient (Wildman–Crippen LogP) is 1.93. The molecule has 72 valence electrons. The van der Waals surface area contributed by atoms with Crippen LogP contribution in [-0.4, -0.2) is 16.4 Å².